The number of hydrogen-bond donors (Lipinski definition) is 1. The first-order valence-corrected chi connectivity index (χ1v) is 6.53. The summed E-state index contributed by atoms with van der Waals surface area (Å²) in [6, 6.07) is 7.85. The molecule has 0 saturated carbocycles. The molecule has 0 aromatic heterocycles. The van der Waals surface area contributed by atoms with Gasteiger partial charge in [-0.3, -0.25) is 0 Å². The van der Waals surface area contributed by atoms with Crippen molar-refractivity contribution in [2.75, 3.05) is 0 Å². The zero-order valence-electron chi connectivity index (χ0n) is 11.5. The molecule has 1 heteroatoms. The van der Waals surface area contributed by atoms with Crippen LogP contribution in [0.2, 0.25) is 0 Å². The Balaban J connectivity index is 0.000000771. The summed E-state index contributed by atoms with van der Waals surface area (Å²) in [4.78, 5) is 0. The fraction of sp³-hybridized carbons (Fsp3) is 0.294. The van der Waals surface area contributed by atoms with E-state index in [1.807, 2.05) is 38.1 Å². The Labute approximate surface area is 110 Å². The molecule has 0 spiro atoms. The second-order valence-electron chi connectivity index (χ2n) is 4.21. The van der Waals surface area contributed by atoms with Crippen LogP contribution in [0.3, 0.4) is 0 Å². The number of hydrogen-bond acceptors (Lipinski definition) is 1. The summed E-state index contributed by atoms with van der Waals surface area (Å²) in [6.07, 6.45) is 6.77. The maximum Gasteiger partial charge on any atom is 0.115 e. The SMILES string of the molecule is C=C(O)c1ccc(C2=CCCC(C)=C2)cc1.CC. The highest BCUT2D eigenvalue weighted by Gasteiger charge is 2.04. The molecular weight excluding hydrogens is 220 g/mol. The maximum atomic E-state index is 9.25. The molecule has 18 heavy (non-hydrogen) atoms. The molecule has 1 aromatic carbocycles. The molecule has 0 unspecified atom stereocenters. The van der Waals surface area contributed by atoms with E-state index in [9.17, 15) is 5.11 Å². The van der Waals surface area contributed by atoms with Crippen molar-refractivity contribution in [3.8, 4) is 0 Å². The summed E-state index contributed by atoms with van der Waals surface area (Å²) in [7, 11) is 0. The minimum atomic E-state index is 0.121. The van der Waals surface area contributed by atoms with E-state index in [4.69, 9.17) is 0 Å². The first kappa shape index (κ1) is 14.3. The Hall–Kier alpha value is -1.76. The Bertz CT molecular complexity index is 461. The van der Waals surface area contributed by atoms with Gasteiger partial charge in [-0.2, -0.15) is 0 Å². The van der Waals surface area contributed by atoms with E-state index in [0.29, 0.717) is 0 Å². The van der Waals surface area contributed by atoms with Crippen molar-refractivity contribution in [2.24, 2.45) is 0 Å². The zero-order chi connectivity index (χ0) is 13.5. The van der Waals surface area contributed by atoms with Crippen molar-refractivity contribution in [2.45, 2.75) is 33.6 Å². The van der Waals surface area contributed by atoms with Crippen LogP contribution in [0, 0.1) is 0 Å². The monoisotopic (exact) mass is 242 g/mol. The maximum absolute atomic E-state index is 9.25. The molecule has 0 fully saturated rings. The van der Waals surface area contributed by atoms with Gasteiger partial charge in [0, 0.05) is 5.56 Å². The van der Waals surface area contributed by atoms with Gasteiger partial charge in [0.1, 0.15) is 5.76 Å². The molecule has 0 heterocycles. The van der Waals surface area contributed by atoms with Gasteiger partial charge in [-0.15, -0.1) is 0 Å². The van der Waals surface area contributed by atoms with Gasteiger partial charge in [-0.1, -0.05) is 62.4 Å². The first-order chi connectivity index (χ1) is 8.66. The first-order valence-electron chi connectivity index (χ1n) is 6.53. The predicted octanol–water partition coefficient (Wildman–Crippen LogP) is 5.37. The van der Waals surface area contributed by atoms with E-state index in [2.05, 4.69) is 25.7 Å². The number of rotatable bonds is 2. The fourth-order valence-corrected chi connectivity index (χ4v) is 1.91. The molecular formula is C17H22O. The average Bonchev–Trinajstić information content (AvgIpc) is 2.41. The van der Waals surface area contributed by atoms with E-state index >= 15 is 0 Å². The Morgan fingerprint density at radius 2 is 1.78 bits per heavy atom. The summed E-state index contributed by atoms with van der Waals surface area (Å²) >= 11 is 0. The third kappa shape index (κ3) is 3.63. The smallest absolute Gasteiger partial charge is 0.115 e. The lowest BCUT2D eigenvalue weighted by Gasteiger charge is -2.11. The molecule has 1 aliphatic carbocycles. The van der Waals surface area contributed by atoms with Crippen LogP contribution in [0.1, 0.15) is 44.7 Å². The van der Waals surface area contributed by atoms with Gasteiger partial charge in [0.2, 0.25) is 0 Å². The highest BCUT2D eigenvalue weighted by molar-refractivity contribution is 5.76. The largest absolute Gasteiger partial charge is 0.508 e. The Kier molecular flexibility index (Phi) is 5.44. The van der Waals surface area contributed by atoms with Crippen molar-refractivity contribution in [3.63, 3.8) is 0 Å². The Morgan fingerprint density at radius 1 is 1.17 bits per heavy atom. The van der Waals surface area contributed by atoms with Crippen LogP contribution in [0.5, 0.6) is 0 Å². The van der Waals surface area contributed by atoms with Crippen LogP contribution < -0.4 is 0 Å². The number of allylic oxidation sites excluding steroid dienone is 4. The zero-order valence-corrected chi connectivity index (χ0v) is 11.5. The minimum absolute atomic E-state index is 0.121. The highest BCUT2D eigenvalue weighted by atomic mass is 16.3. The van der Waals surface area contributed by atoms with Crippen LogP contribution in [0.4, 0.5) is 0 Å². The van der Waals surface area contributed by atoms with Crippen LogP contribution in [0.15, 0.2) is 48.6 Å². The van der Waals surface area contributed by atoms with E-state index in [-0.39, 0.29) is 5.76 Å². The van der Waals surface area contributed by atoms with Gasteiger partial charge in [-0.05, 0) is 30.9 Å². The average molecular weight is 242 g/mol. The molecule has 96 valence electrons. The van der Waals surface area contributed by atoms with Gasteiger partial charge < -0.3 is 5.11 Å². The van der Waals surface area contributed by atoms with Crippen LogP contribution >= 0.6 is 0 Å². The summed E-state index contributed by atoms with van der Waals surface area (Å²) in [5.41, 5.74) is 4.68. The highest BCUT2D eigenvalue weighted by Crippen LogP contribution is 2.25. The summed E-state index contributed by atoms with van der Waals surface area (Å²) in [5, 5.41) is 9.25. The molecule has 1 aliphatic rings. The van der Waals surface area contributed by atoms with E-state index in [1.54, 1.807) is 0 Å². The summed E-state index contributed by atoms with van der Waals surface area (Å²) < 4.78 is 0. The van der Waals surface area contributed by atoms with Gasteiger partial charge in [0.25, 0.3) is 0 Å². The molecule has 0 saturated heterocycles. The van der Waals surface area contributed by atoms with E-state index in [1.165, 1.54) is 16.7 Å². The van der Waals surface area contributed by atoms with Crippen LogP contribution in [-0.2, 0) is 0 Å². The van der Waals surface area contributed by atoms with Gasteiger partial charge in [0.15, 0.2) is 0 Å². The summed E-state index contributed by atoms with van der Waals surface area (Å²) in [5.74, 6) is 0.121. The summed E-state index contributed by atoms with van der Waals surface area (Å²) in [6.45, 7) is 9.67. The third-order valence-corrected chi connectivity index (χ3v) is 2.86. The molecule has 0 amide bonds. The number of benzene rings is 1. The quantitative estimate of drug-likeness (QED) is 0.692. The number of aliphatic hydroxyl groups excluding tert-OH is 1. The molecule has 1 aromatic rings. The topological polar surface area (TPSA) is 20.2 Å². The minimum Gasteiger partial charge on any atom is -0.508 e. The van der Waals surface area contributed by atoms with Gasteiger partial charge in [0.05, 0.1) is 0 Å². The van der Waals surface area contributed by atoms with Crippen molar-refractivity contribution < 1.29 is 5.11 Å². The van der Waals surface area contributed by atoms with E-state index < -0.39 is 0 Å². The van der Waals surface area contributed by atoms with Crippen molar-refractivity contribution >= 4 is 11.3 Å². The predicted molar refractivity (Wildman–Crippen MR) is 80.4 cm³/mol. The molecule has 0 atom stereocenters. The molecule has 1 nitrogen and oxygen atoms in total. The second kappa shape index (κ2) is 6.85. The fourth-order valence-electron chi connectivity index (χ4n) is 1.91. The normalized spacial score (nSPS) is 13.9. The van der Waals surface area contributed by atoms with Crippen molar-refractivity contribution in [1.82, 2.24) is 0 Å². The van der Waals surface area contributed by atoms with Crippen molar-refractivity contribution in [3.05, 3.63) is 59.7 Å². The van der Waals surface area contributed by atoms with Gasteiger partial charge >= 0.3 is 0 Å². The molecule has 0 aliphatic heterocycles. The molecule has 0 radical (unpaired) electrons. The Morgan fingerprint density at radius 3 is 2.28 bits per heavy atom. The van der Waals surface area contributed by atoms with E-state index in [0.717, 1.165) is 18.4 Å². The molecule has 0 bridgehead atoms. The standard InChI is InChI=1S/C15H16O.C2H6/c1-11-4-3-5-15(10-11)14-8-6-13(7-9-14)12(2)16;1-2/h5-10,16H,2-4H2,1H3;1-2H3. The van der Waals surface area contributed by atoms with Crippen LogP contribution in [-0.4, -0.2) is 5.11 Å². The number of aliphatic hydroxyl groups is 1. The second-order valence-corrected chi connectivity index (χ2v) is 4.21. The van der Waals surface area contributed by atoms with Crippen LogP contribution in [0.25, 0.3) is 11.3 Å². The van der Waals surface area contributed by atoms with Gasteiger partial charge in [-0.25, -0.2) is 0 Å². The molecule has 1 N–H and O–H groups in total. The molecule has 2 rings (SSSR count). The lowest BCUT2D eigenvalue weighted by Crippen LogP contribution is -1.90. The third-order valence-electron chi connectivity index (χ3n) is 2.86. The lowest BCUT2D eigenvalue weighted by molar-refractivity contribution is 0.514. The van der Waals surface area contributed by atoms with Crippen molar-refractivity contribution in [1.29, 1.82) is 0 Å². The lowest BCUT2D eigenvalue weighted by atomic mass is 9.95.